The predicted molar refractivity (Wildman–Crippen MR) is 139 cm³/mol. The molecule has 2 aromatic rings. The first-order valence-electron chi connectivity index (χ1n) is 11.7. The van der Waals surface area contributed by atoms with E-state index in [0.29, 0.717) is 25.6 Å². The van der Waals surface area contributed by atoms with Crippen LogP contribution in [0, 0.1) is 5.92 Å². The molecule has 7 heteroatoms. The normalized spacial score (nSPS) is 14.0. The lowest BCUT2D eigenvalue weighted by molar-refractivity contribution is -0.130. The first-order chi connectivity index (χ1) is 15.8. The van der Waals surface area contributed by atoms with E-state index >= 15 is 0 Å². The molecule has 0 radical (unpaired) electrons. The van der Waals surface area contributed by atoms with Crippen LogP contribution in [-0.2, 0) is 17.9 Å². The van der Waals surface area contributed by atoms with Crippen LogP contribution in [0.4, 0.5) is 5.69 Å². The van der Waals surface area contributed by atoms with Crippen molar-refractivity contribution in [3.8, 4) is 5.75 Å². The summed E-state index contributed by atoms with van der Waals surface area (Å²) in [5, 5.41) is 3.36. The molecule has 1 aliphatic rings. The van der Waals surface area contributed by atoms with Crippen LogP contribution in [0.15, 0.2) is 46.9 Å². The van der Waals surface area contributed by atoms with Gasteiger partial charge in [0.1, 0.15) is 12.4 Å². The Morgan fingerprint density at radius 2 is 1.97 bits per heavy atom. The summed E-state index contributed by atoms with van der Waals surface area (Å²) in [6.07, 6.45) is 0. The zero-order valence-electron chi connectivity index (χ0n) is 20.3. The highest BCUT2D eigenvalue weighted by molar-refractivity contribution is 9.10. The Balaban J connectivity index is 1.68. The molecule has 0 spiro atoms. The number of amides is 1. The summed E-state index contributed by atoms with van der Waals surface area (Å²) in [5.41, 5.74) is 3.17. The smallest absolute Gasteiger partial charge is 0.242 e. The second kappa shape index (κ2) is 12.4. The zero-order valence-corrected chi connectivity index (χ0v) is 21.9. The number of carbonyl (C=O) groups excluding carboxylic acids is 1. The van der Waals surface area contributed by atoms with Crippen LogP contribution in [0.25, 0.3) is 0 Å². The number of halogens is 1. The van der Waals surface area contributed by atoms with E-state index in [1.807, 2.05) is 43.3 Å². The molecule has 0 aliphatic carbocycles. The van der Waals surface area contributed by atoms with Crippen LogP contribution in [0.5, 0.6) is 5.75 Å². The molecule has 33 heavy (non-hydrogen) atoms. The molecule has 0 fully saturated rings. The quantitative estimate of drug-likeness (QED) is 0.510. The maximum Gasteiger partial charge on any atom is 0.242 e. The molecule has 0 unspecified atom stereocenters. The van der Waals surface area contributed by atoms with Crippen molar-refractivity contribution >= 4 is 27.5 Å². The van der Waals surface area contributed by atoms with Crippen molar-refractivity contribution in [2.75, 3.05) is 58.7 Å². The molecule has 1 aliphatic heterocycles. The van der Waals surface area contributed by atoms with Gasteiger partial charge in [0.25, 0.3) is 0 Å². The average Bonchev–Trinajstić information content (AvgIpc) is 2.96. The number of carbonyl (C=O) groups is 1. The van der Waals surface area contributed by atoms with E-state index in [0.717, 1.165) is 47.7 Å². The van der Waals surface area contributed by atoms with Crippen molar-refractivity contribution in [3.63, 3.8) is 0 Å². The van der Waals surface area contributed by atoms with Crippen LogP contribution in [0.1, 0.15) is 25.0 Å². The molecule has 0 aromatic heterocycles. The van der Waals surface area contributed by atoms with E-state index in [2.05, 4.69) is 63.1 Å². The summed E-state index contributed by atoms with van der Waals surface area (Å²) in [6.45, 7) is 10.3. The molecule has 180 valence electrons. The van der Waals surface area contributed by atoms with Crippen LogP contribution in [0.2, 0.25) is 0 Å². The Morgan fingerprint density at radius 3 is 2.70 bits per heavy atom. The molecule has 1 N–H and O–H groups in total. The minimum atomic E-state index is 0.0736. The summed E-state index contributed by atoms with van der Waals surface area (Å²) in [6, 6.07) is 14.3. The third-order valence-electron chi connectivity index (χ3n) is 5.63. The van der Waals surface area contributed by atoms with Crippen molar-refractivity contribution in [2.24, 2.45) is 5.92 Å². The Hall–Kier alpha value is -2.09. The van der Waals surface area contributed by atoms with Gasteiger partial charge < -0.3 is 19.9 Å². The van der Waals surface area contributed by atoms with Gasteiger partial charge in [0.05, 0.1) is 12.2 Å². The van der Waals surface area contributed by atoms with E-state index in [4.69, 9.17) is 4.74 Å². The predicted octanol–water partition coefficient (Wildman–Crippen LogP) is 4.30. The van der Waals surface area contributed by atoms with Gasteiger partial charge in [-0.3, -0.25) is 9.69 Å². The molecule has 0 saturated heterocycles. The number of fused-ring (bicyclic) bond motifs is 1. The van der Waals surface area contributed by atoms with Crippen molar-refractivity contribution in [1.29, 1.82) is 0 Å². The number of nitrogens with one attached hydrogen (secondary N) is 1. The largest absolute Gasteiger partial charge is 0.490 e. The molecular weight excluding hydrogens is 480 g/mol. The van der Waals surface area contributed by atoms with E-state index in [9.17, 15) is 4.79 Å². The monoisotopic (exact) mass is 516 g/mol. The fraction of sp³-hybridized carbons (Fsp3) is 0.500. The molecule has 6 nitrogen and oxygen atoms in total. The number of para-hydroxylation sites is 1. The third kappa shape index (κ3) is 8.02. The van der Waals surface area contributed by atoms with E-state index < -0.39 is 0 Å². The minimum Gasteiger partial charge on any atom is -0.490 e. The topological polar surface area (TPSA) is 48.1 Å². The van der Waals surface area contributed by atoms with Crippen molar-refractivity contribution in [3.05, 3.63) is 58.1 Å². The van der Waals surface area contributed by atoms with Crippen molar-refractivity contribution in [2.45, 2.75) is 26.9 Å². The van der Waals surface area contributed by atoms with Crippen LogP contribution < -0.4 is 10.1 Å². The molecule has 0 bridgehead atoms. The van der Waals surface area contributed by atoms with E-state index in [-0.39, 0.29) is 12.5 Å². The van der Waals surface area contributed by atoms with E-state index in [1.165, 1.54) is 5.56 Å². The second-order valence-electron chi connectivity index (χ2n) is 9.37. The van der Waals surface area contributed by atoms with Crippen LogP contribution in [-0.4, -0.2) is 74.0 Å². The Morgan fingerprint density at radius 1 is 1.18 bits per heavy atom. The summed E-state index contributed by atoms with van der Waals surface area (Å²) in [4.78, 5) is 19.7. The highest BCUT2D eigenvalue weighted by Crippen LogP contribution is 2.32. The molecule has 1 heterocycles. The first-order valence-corrected chi connectivity index (χ1v) is 12.5. The number of benzene rings is 2. The SMILES string of the molecule is CC(C)CN1CCOc2c(cccc2NCC(=O)N(CCN(C)C)Cc2cccc(Br)c2)C1. The van der Waals surface area contributed by atoms with Gasteiger partial charge in [-0.05, 0) is 43.8 Å². The number of rotatable bonds is 10. The second-order valence-corrected chi connectivity index (χ2v) is 10.3. The molecule has 1 amide bonds. The van der Waals surface area contributed by atoms with E-state index in [1.54, 1.807) is 0 Å². The van der Waals surface area contributed by atoms with Gasteiger partial charge in [0, 0.05) is 49.3 Å². The maximum absolute atomic E-state index is 13.2. The zero-order chi connectivity index (χ0) is 23.8. The fourth-order valence-electron chi connectivity index (χ4n) is 4.04. The molecule has 0 atom stereocenters. The van der Waals surface area contributed by atoms with Gasteiger partial charge in [0.15, 0.2) is 0 Å². The maximum atomic E-state index is 13.2. The summed E-state index contributed by atoms with van der Waals surface area (Å²) < 4.78 is 7.15. The molecule has 0 saturated carbocycles. The lowest BCUT2D eigenvalue weighted by Gasteiger charge is -2.25. The molecular formula is C26H37BrN4O2. The highest BCUT2D eigenvalue weighted by Gasteiger charge is 2.20. The van der Waals surface area contributed by atoms with Gasteiger partial charge in [-0.15, -0.1) is 0 Å². The minimum absolute atomic E-state index is 0.0736. The average molecular weight is 518 g/mol. The Bertz CT molecular complexity index is 919. The lowest BCUT2D eigenvalue weighted by atomic mass is 10.1. The number of nitrogens with zero attached hydrogens (tertiary/aromatic N) is 3. The Kier molecular flexibility index (Phi) is 9.59. The van der Waals surface area contributed by atoms with Crippen LogP contribution >= 0.6 is 15.9 Å². The lowest BCUT2D eigenvalue weighted by Crippen LogP contribution is -2.39. The summed E-state index contributed by atoms with van der Waals surface area (Å²) >= 11 is 3.53. The number of anilines is 1. The van der Waals surface area contributed by atoms with Gasteiger partial charge >= 0.3 is 0 Å². The third-order valence-corrected chi connectivity index (χ3v) is 6.12. The number of hydrogen-bond acceptors (Lipinski definition) is 5. The summed E-state index contributed by atoms with van der Waals surface area (Å²) in [5.74, 6) is 1.57. The molecule has 2 aromatic carbocycles. The molecule has 3 rings (SSSR count). The summed E-state index contributed by atoms with van der Waals surface area (Å²) in [7, 11) is 4.05. The standard InChI is InChI=1S/C26H37BrN4O2/c1-20(2)17-30-13-14-33-26-22(19-30)8-6-10-24(26)28-16-25(32)31(12-11-29(3)4)18-21-7-5-9-23(27)15-21/h5-10,15,20,28H,11-14,16-19H2,1-4H3. The van der Waals surface area contributed by atoms with Gasteiger partial charge in [-0.25, -0.2) is 0 Å². The van der Waals surface area contributed by atoms with Gasteiger partial charge in [0.2, 0.25) is 5.91 Å². The number of ether oxygens (including phenoxy) is 1. The number of likely N-dealkylation sites (N-methyl/N-ethyl adjacent to an activating group) is 1. The first kappa shape index (κ1) is 25.5. The fourth-order valence-corrected chi connectivity index (χ4v) is 4.49. The Labute approximate surface area is 207 Å². The number of hydrogen-bond donors (Lipinski definition) is 1. The van der Waals surface area contributed by atoms with Gasteiger partial charge in [-0.1, -0.05) is 54.0 Å². The van der Waals surface area contributed by atoms with Crippen molar-refractivity contribution < 1.29 is 9.53 Å². The van der Waals surface area contributed by atoms with Gasteiger partial charge in [-0.2, -0.15) is 0 Å². The van der Waals surface area contributed by atoms with Crippen molar-refractivity contribution in [1.82, 2.24) is 14.7 Å². The van der Waals surface area contributed by atoms with Crippen LogP contribution in [0.3, 0.4) is 0 Å². The highest BCUT2D eigenvalue weighted by atomic mass is 79.9.